The molecular weight excluding hydrogens is 282 g/mol. The third-order valence-electron chi connectivity index (χ3n) is 3.60. The molecule has 3 heterocycles. The van der Waals surface area contributed by atoms with Crippen molar-refractivity contribution in [2.24, 2.45) is 0 Å². The Morgan fingerprint density at radius 3 is 2.73 bits per heavy atom. The zero-order valence-corrected chi connectivity index (χ0v) is 11.4. The first-order chi connectivity index (χ1) is 10.9. The van der Waals surface area contributed by atoms with Crippen molar-refractivity contribution in [1.29, 1.82) is 0 Å². The second-order valence-corrected chi connectivity index (χ2v) is 5.00. The molecule has 2 aromatic carbocycles. The topological polar surface area (TPSA) is 76.5 Å². The van der Waals surface area contributed by atoms with Crippen LogP contribution in [0.5, 0.6) is 11.5 Å². The van der Waals surface area contributed by atoms with Crippen molar-refractivity contribution in [3.63, 3.8) is 0 Å². The van der Waals surface area contributed by atoms with E-state index in [0.717, 1.165) is 28.2 Å². The Morgan fingerprint density at radius 2 is 1.86 bits per heavy atom. The van der Waals surface area contributed by atoms with Crippen LogP contribution in [0.15, 0.2) is 42.5 Å². The second kappa shape index (κ2) is 4.14. The van der Waals surface area contributed by atoms with Crippen molar-refractivity contribution in [3.8, 4) is 11.5 Å². The molecule has 1 aliphatic heterocycles. The maximum Gasteiger partial charge on any atom is 0.253 e. The molecule has 0 radical (unpaired) electrons. The predicted molar refractivity (Wildman–Crippen MR) is 80.7 cm³/mol. The van der Waals surface area contributed by atoms with Crippen molar-refractivity contribution < 1.29 is 9.47 Å². The van der Waals surface area contributed by atoms with Crippen molar-refractivity contribution in [2.75, 3.05) is 12.1 Å². The highest BCUT2D eigenvalue weighted by atomic mass is 16.7. The van der Waals surface area contributed by atoms with Crippen LogP contribution >= 0.6 is 0 Å². The van der Waals surface area contributed by atoms with Crippen molar-refractivity contribution in [2.45, 2.75) is 0 Å². The lowest BCUT2D eigenvalue weighted by Crippen LogP contribution is -1.93. The minimum Gasteiger partial charge on any atom is -0.454 e. The van der Waals surface area contributed by atoms with Gasteiger partial charge in [0.1, 0.15) is 0 Å². The number of nitrogens with one attached hydrogen (secondary N) is 2. The first kappa shape index (κ1) is 11.4. The lowest BCUT2D eigenvalue weighted by atomic mass is 10.3. The fraction of sp³-hybridized carbons (Fsp3) is 0.0667. The summed E-state index contributed by atoms with van der Waals surface area (Å²) in [4.78, 5) is 8.95. The summed E-state index contributed by atoms with van der Waals surface area (Å²) in [6, 6.07) is 13.6. The molecule has 4 aromatic rings. The molecule has 5 rings (SSSR count). The van der Waals surface area contributed by atoms with Crippen molar-refractivity contribution in [3.05, 3.63) is 42.5 Å². The van der Waals surface area contributed by atoms with Crippen molar-refractivity contribution in [1.82, 2.24) is 19.6 Å². The normalized spacial score (nSPS) is 13.1. The predicted octanol–water partition coefficient (Wildman–Crippen LogP) is 2.68. The summed E-state index contributed by atoms with van der Waals surface area (Å²) in [5, 5.41) is 6.41. The van der Waals surface area contributed by atoms with Gasteiger partial charge in [0.05, 0.1) is 11.0 Å². The smallest absolute Gasteiger partial charge is 0.253 e. The fourth-order valence-electron chi connectivity index (χ4n) is 2.58. The number of rotatable bonds is 2. The van der Waals surface area contributed by atoms with Gasteiger partial charge in [-0.1, -0.05) is 18.2 Å². The Morgan fingerprint density at radius 1 is 1.05 bits per heavy atom. The quantitative estimate of drug-likeness (QED) is 0.594. The number of anilines is 2. The molecule has 0 unspecified atom stereocenters. The number of fused-ring (bicyclic) bond motifs is 4. The van der Waals surface area contributed by atoms with Crippen LogP contribution < -0.4 is 14.8 Å². The highest BCUT2D eigenvalue weighted by Crippen LogP contribution is 2.36. The molecule has 7 nitrogen and oxygen atoms in total. The molecule has 0 saturated carbocycles. The third kappa shape index (κ3) is 1.62. The minimum absolute atomic E-state index is 0.250. The Hall–Kier alpha value is -3.22. The second-order valence-electron chi connectivity index (χ2n) is 5.00. The molecule has 108 valence electrons. The molecular formula is C15H11N5O2. The summed E-state index contributed by atoms with van der Waals surface area (Å²) in [6.07, 6.45) is 0. The van der Waals surface area contributed by atoms with Gasteiger partial charge < -0.3 is 14.8 Å². The van der Waals surface area contributed by atoms with Gasteiger partial charge in [-0.05, 0) is 12.1 Å². The van der Waals surface area contributed by atoms with Gasteiger partial charge in [-0.2, -0.15) is 4.98 Å². The number of hydrogen-bond donors (Lipinski definition) is 2. The lowest BCUT2D eigenvalue weighted by Gasteiger charge is -2.01. The largest absolute Gasteiger partial charge is 0.454 e. The van der Waals surface area contributed by atoms with E-state index in [1.807, 2.05) is 47.0 Å². The number of aromatic amines is 1. The van der Waals surface area contributed by atoms with E-state index in [-0.39, 0.29) is 6.79 Å². The molecule has 2 N–H and O–H groups in total. The average molecular weight is 293 g/mol. The van der Waals surface area contributed by atoms with E-state index in [1.54, 1.807) is 0 Å². The Labute approximate surface area is 124 Å². The van der Waals surface area contributed by atoms with Crippen LogP contribution in [0.3, 0.4) is 0 Å². The molecule has 0 bridgehead atoms. The van der Waals surface area contributed by atoms with Crippen LogP contribution in [0.25, 0.3) is 16.8 Å². The molecule has 22 heavy (non-hydrogen) atoms. The molecule has 2 aromatic heterocycles. The number of ether oxygens (including phenoxy) is 2. The van der Waals surface area contributed by atoms with E-state index in [4.69, 9.17) is 9.47 Å². The number of para-hydroxylation sites is 1. The monoisotopic (exact) mass is 293 g/mol. The zero-order chi connectivity index (χ0) is 14.5. The number of nitrogens with zero attached hydrogens (tertiary/aromatic N) is 3. The Bertz CT molecular complexity index is 989. The van der Waals surface area contributed by atoms with Gasteiger partial charge in [0, 0.05) is 17.8 Å². The van der Waals surface area contributed by atoms with E-state index < -0.39 is 0 Å². The molecule has 0 spiro atoms. The van der Waals surface area contributed by atoms with E-state index in [9.17, 15) is 0 Å². The van der Waals surface area contributed by atoms with Crippen LogP contribution in [0.1, 0.15) is 0 Å². The highest BCUT2D eigenvalue weighted by molar-refractivity contribution is 5.83. The standard InChI is InChI=1S/C15H11N5O2/c1-2-4-9(5-3-1)16-14-18-15-17-10-6-12-13(22-8-21-12)7-11(10)20(15)19-14/h1-7H,8H2,(H2,16,17,18,19). The van der Waals surface area contributed by atoms with E-state index in [1.165, 1.54) is 0 Å². The molecule has 0 aliphatic carbocycles. The van der Waals surface area contributed by atoms with Crippen LogP contribution in [0, 0.1) is 0 Å². The molecule has 1 aliphatic rings. The maximum absolute atomic E-state index is 5.41. The summed E-state index contributed by atoms with van der Waals surface area (Å²) in [5.74, 6) is 2.67. The number of aromatic nitrogens is 4. The summed E-state index contributed by atoms with van der Waals surface area (Å²) in [7, 11) is 0. The molecule has 0 amide bonds. The van der Waals surface area contributed by atoms with Gasteiger partial charge in [0.2, 0.25) is 12.7 Å². The summed E-state index contributed by atoms with van der Waals surface area (Å²) in [5.41, 5.74) is 2.67. The first-order valence-corrected chi connectivity index (χ1v) is 6.87. The van der Waals surface area contributed by atoms with Crippen LogP contribution in [-0.4, -0.2) is 26.4 Å². The SMILES string of the molecule is c1ccc(Nc2nc3nc4cc5c(cc4n3[nH]2)OCO5)cc1. The summed E-state index contributed by atoms with van der Waals surface area (Å²) in [6.45, 7) is 0.250. The molecule has 0 fully saturated rings. The third-order valence-corrected chi connectivity index (χ3v) is 3.60. The molecule has 0 atom stereocenters. The fourth-order valence-corrected chi connectivity index (χ4v) is 2.58. The lowest BCUT2D eigenvalue weighted by molar-refractivity contribution is 0.174. The number of H-pyrrole nitrogens is 1. The van der Waals surface area contributed by atoms with Crippen LogP contribution in [0.4, 0.5) is 11.6 Å². The van der Waals surface area contributed by atoms with Gasteiger partial charge in [0.25, 0.3) is 5.78 Å². The van der Waals surface area contributed by atoms with Gasteiger partial charge in [-0.25, -0.2) is 9.50 Å². The van der Waals surface area contributed by atoms with Gasteiger partial charge in [0.15, 0.2) is 11.5 Å². The number of hydrogen-bond acceptors (Lipinski definition) is 5. The van der Waals surface area contributed by atoms with E-state index in [0.29, 0.717) is 11.7 Å². The van der Waals surface area contributed by atoms with Crippen LogP contribution in [-0.2, 0) is 0 Å². The van der Waals surface area contributed by atoms with Crippen molar-refractivity contribution >= 4 is 28.4 Å². The van der Waals surface area contributed by atoms with Gasteiger partial charge in [-0.15, -0.1) is 0 Å². The minimum atomic E-state index is 0.250. The Balaban J connectivity index is 1.62. The zero-order valence-electron chi connectivity index (χ0n) is 11.4. The summed E-state index contributed by atoms with van der Waals surface area (Å²) < 4.78 is 12.6. The van der Waals surface area contributed by atoms with Crippen LogP contribution in [0.2, 0.25) is 0 Å². The Kier molecular flexibility index (Phi) is 2.15. The summed E-state index contributed by atoms with van der Waals surface area (Å²) >= 11 is 0. The van der Waals surface area contributed by atoms with Gasteiger partial charge in [-0.3, -0.25) is 5.10 Å². The molecule has 0 saturated heterocycles. The molecule has 7 heteroatoms. The van der Waals surface area contributed by atoms with E-state index >= 15 is 0 Å². The first-order valence-electron chi connectivity index (χ1n) is 6.87. The number of imidazole rings is 1. The van der Waals surface area contributed by atoms with E-state index in [2.05, 4.69) is 20.4 Å². The van der Waals surface area contributed by atoms with Gasteiger partial charge >= 0.3 is 0 Å². The maximum atomic E-state index is 5.41. The number of benzene rings is 2. The average Bonchev–Trinajstić information content (AvgIpc) is 3.20. The highest BCUT2D eigenvalue weighted by Gasteiger charge is 2.18.